The van der Waals surface area contributed by atoms with Gasteiger partial charge in [-0.2, -0.15) is 0 Å². The van der Waals surface area contributed by atoms with E-state index in [1.54, 1.807) is 0 Å². The van der Waals surface area contributed by atoms with E-state index < -0.39 is 0 Å². The SMILES string of the molecule is C=Cc1ccccc1C=C.CO. The fraction of sp³-hybridized carbons (Fsp3) is 0.0909. The first-order chi connectivity index (χ1) is 5.88. The number of aliphatic hydroxyl groups is 1. The first-order valence-corrected chi connectivity index (χ1v) is 3.67. The third-order valence-electron chi connectivity index (χ3n) is 1.44. The maximum absolute atomic E-state index is 7.00. The minimum atomic E-state index is 1.00. The summed E-state index contributed by atoms with van der Waals surface area (Å²) in [6, 6.07) is 8.02. The largest absolute Gasteiger partial charge is 0.400 e. The summed E-state index contributed by atoms with van der Waals surface area (Å²) in [5.41, 5.74) is 2.27. The molecule has 0 atom stereocenters. The molecule has 12 heavy (non-hydrogen) atoms. The molecule has 0 radical (unpaired) electrons. The molecule has 1 rings (SSSR count). The highest BCUT2D eigenvalue weighted by Crippen LogP contribution is 2.10. The van der Waals surface area contributed by atoms with Crippen LogP contribution in [0.1, 0.15) is 11.1 Å². The van der Waals surface area contributed by atoms with Gasteiger partial charge in [0.25, 0.3) is 0 Å². The molecule has 0 amide bonds. The number of rotatable bonds is 2. The lowest BCUT2D eigenvalue weighted by atomic mass is 10.1. The standard InChI is InChI=1S/C10H10.CH4O/c1-3-9-7-5-6-8-10(9)4-2;1-2/h3-8H,1-2H2;2H,1H3. The molecule has 1 heteroatoms. The van der Waals surface area contributed by atoms with Crippen LogP contribution in [0.5, 0.6) is 0 Å². The van der Waals surface area contributed by atoms with Crippen LogP contribution in [0.15, 0.2) is 37.4 Å². The van der Waals surface area contributed by atoms with Crippen LogP contribution in [0.3, 0.4) is 0 Å². The fourth-order valence-corrected chi connectivity index (χ4v) is 0.883. The summed E-state index contributed by atoms with van der Waals surface area (Å²) in [7, 11) is 1.00. The number of hydrogen-bond acceptors (Lipinski definition) is 1. The Kier molecular flexibility index (Phi) is 5.66. The van der Waals surface area contributed by atoms with Crippen molar-refractivity contribution in [2.75, 3.05) is 7.11 Å². The smallest absolute Gasteiger partial charge is 0.0319 e. The van der Waals surface area contributed by atoms with Crippen LogP contribution in [-0.4, -0.2) is 12.2 Å². The Morgan fingerprint density at radius 1 is 1.00 bits per heavy atom. The van der Waals surface area contributed by atoms with Gasteiger partial charge < -0.3 is 5.11 Å². The summed E-state index contributed by atoms with van der Waals surface area (Å²) in [6.45, 7) is 7.38. The second kappa shape index (κ2) is 6.38. The van der Waals surface area contributed by atoms with Crippen molar-refractivity contribution in [3.8, 4) is 0 Å². The first-order valence-electron chi connectivity index (χ1n) is 3.67. The van der Waals surface area contributed by atoms with Gasteiger partial charge in [-0.15, -0.1) is 0 Å². The number of benzene rings is 1. The molecule has 1 nitrogen and oxygen atoms in total. The van der Waals surface area contributed by atoms with E-state index in [0.29, 0.717) is 0 Å². The third-order valence-corrected chi connectivity index (χ3v) is 1.44. The Morgan fingerprint density at radius 3 is 1.58 bits per heavy atom. The van der Waals surface area contributed by atoms with E-state index in [0.717, 1.165) is 18.2 Å². The van der Waals surface area contributed by atoms with E-state index >= 15 is 0 Å². The average Bonchev–Trinajstić information content (AvgIpc) is 2.20. The summed E-state index contributed by atoms with van der Waals surface area (Å²) in [5, 5.41) is 7.00. The highest BCUT2D eigenvalue weighted by molar-refractivity contribution is 5.63. The van der Waals surface area contributed by atoms with Crippen LogP contribution in [0.4, 0.5) is 0 Å². The minimum absolute atomic E-state index is 1.00. The van der Waals surface area contributed by atoms with Crippen molar-refractivity contribution in [1.29, 1.82) is 0 Å². The van der Waals surface area contributed by atoms with E-state index in [-0.39, 0.29) is 0 Å². The predicted molar refractivity (Wildman–Crippen MR) is 54.8 cm³/mol. The summed E-state index contributed by atoms with van der Waals surface area (Å²) < 4.78 is 0. The van der Waals surface area contributed by atoms with Crippen LogP contribution in [-0.2, 0) is 0 Å². The molecule has 1 N–H and O–H groups in total. The second-order valence-electron chi connectivity index (χ2n) is 2.04. The normalized spacial score (nSPS) is 7.83. The Morgan fingerprint density at radius 2 is 1.33 bits per heavy atom. The Hall–Kier alpha value is -1.34. The summed E-state index contributed by atoms with van der Waals surface area (Å²) in [6.07, 6.45) is 3.66. The molecular weight excluding hydrogens is 148 g/mol. The van der Waals surface area contributed by atoms with Crippen LogP contribution >= 0.6 is 0 Å². The quantitative estimate of drug-likeness (QED) is 0.708. The molecule has 0 aromatic heterocycles. The van der Waals surface area contributed by atoms with Gasteiger partial charge in [-0.3, -0.25) is 0 Å². The minimum Gasteiger partial charge on any atom is -0.400 e. The van der Waals surface area contributed by atoms with E-state index in [1.165, 1.54) is 0 Å². The fourth-order valence-electron chi connectivity index (χ4n) is 0.883. The zero-order valence-electron chi connectivity index (χ0n) is 7.33. The molecule has 0 saturated carbocycles. The Balaban J connectivity index is 0.000000561. The van der Waals surface area contributed by atoms with Crippen molar-refractivity contribution in [2.24, 2.45) is 0 Å². The lowest BCUT2D eigenvalue weighted by Crippen LogP contribution is -1.76. The lowest BCUT2D eigenvalue weighted by Gasteiger charge is -1.96. The van der Waals surface area contributed by atoms with Crippen molar-refractivity contribution in [3.05, 3.63) is 48.6 Å². The van der Waals surface area contributed by atoms with Gasteiger partial charge in [0.05, 0.1) is 0 Å². The molecule has 64 valence electrons. The maximum Gasteiger partial charge on any atom is 0.0319 e. The Labute approximate surface area is 73.7 Å². The van der Waals surface area contributed by atoms with E-state index in [4.69, 9.17) is 5.11 Å². The number of aliphatic hydroxyl groups excluding tert-OH is 1. The van der Waals surface area contributed by atoms with Crippen molar-refractivity contribution in [1.82, 2.24) is 0 Å². The molecule has 0 heterocycles. The molecule has 0 aliphatic carbocycles. The van der Waals surface area contributed by atoms with Crippen LogP contribution < -0.4 is 0 Å². The summed E-state index contributed by atoms with van der Waals surface area (Å²) in [5.74, 6) is 0. The highest BCUT2D eigenvalue weighted by Gasteiger charge is 1.89. The second-order valence-corrected chi connectivity index (χ2v) is 2.04. The van der Waals surface area contributed by atoms with Crippen LogP contribution in [0, 0.1) is 0 Å². The van der Waals surface area contributed by atoms with Gasteiger partial charge in [0, 0.05) is 7.11 Å². The zero-order chi connectivity index (χ0) is 9.40. The molecule has 1 aromatic carbocycles. The summed E-state index contributed by atoms with van der Waals surface area (Å²) >= 11 is 0. The molecule has 1 aromatic rings. The molecule has 0 spiro atoms. The van der Waals surface area contributed by atoms with Crippen LogP contribution in [0.2, 0.25) is 0 Å². The average molecular weight is 162 g/mol. The van der Waals surface area contributed by atoms with E-state index in [2.05, 4.69) is 13.2 Å². The van der Waals surface area contributed by atoms with Gasteiger partial charge in [0.1, 0.15) is 0 Å². The van der Waals surface area contributed by atoms with E-state index in [1.807, 2.05) is 36.4 Å². The molecule has 0 saturated heterocycles. The van der Waals surface area contributed by atoms with Crippen molar-refractivity contribution in [2.45, 2.75) is 0 Å². The van der Waals surface area contributed by atoms with Gasteiger partial charge in [-0.05, 0) is 11.1 Å². The molecule has 0 aliphatic heterocycles. The summed E-state index contributed by atoms with van der Waals surface area (Å²) in [4.78, 5) is 0. The first kappa shape index (κ1) is 10.7. The topological polar surface area (TPSA) is 20.2 Å². The monoisotopic (exact) mass is 162 g/mol. The lowest BCUT2D eigenvalue weighted by molar-refractivity contribution is 0.399. The van der Waals surface area contributed by atoms with Gasteiger partial charge in [0.15, 0.2) is 0 Å². The van der Waals surface area contributed by atoms with E-state index in [9.17, 15) is 0 Å². The highest BCUT2D eigenvalue weighted by atomic mass is 16.2. The van der Waals surface area contributed by atoms with Crippen molar-refractivity contribution >= 4 is 12.2 Å². The van der Waals surface area contributed by atoms with Crippen molar-refractivity contribution < 1.29 is 5.11 Å². The van der Waals surface area contributed by atoms with Gasteiger partial charge in [0.2, 0.25) is 0 Å². The molecule has 0 unspecified atom stereocenters. The zero-order valence-corrected chi connectivity index (χ0v) is 7.33. The molecular formula is C11H14O. The molecule has 0 fully saturated rings. The van der Waals surface area contributed by atoms with Gasteiger partial charge in [-0.1, -0.05) is 49.6 Å². The maximum atomic E-state index is 7.00. The molecule has 0 aliphatic rings. The van der Waals surface area contributed by atoms with Crippen molar-refractivity contribution in [3.63, 3.8) is 0 Å². The molecule has 0 bridgehead atoms. The van der Waals surface area contributed by atoms with Gasteiger partial charge >= 0.3 is 0 Å². The Bertz CT molecular complexity index is 224. The third kappa shape index (κ3) is 2.72. The number of hydrogen-bond donors (Lipinski definition) is 1. The van der Waals surface area contributed by atoms with Crippen LogP contribution in [0.25, 0.3) is 12.2 Å². The van der Waals surface area contributed by atoms with Gasteiger partial charge in [-0.25, -0.2) is 0 Å². The predicted octanol–water partition coefficient (Wildman–Crippen LogP) is 2.58.